The maximum atomic E-state index is 11.3. The summed E-state index contributed by atoms with van der Waals surface area (Å²) in [5, 5.41) is 19.0. The first-order valence-electron chi connectivity index (χ1n) is 7.30. The number of phenols is 2. The van der Waals surface area contributed by atoms with E-state index in [4.69, 9.17) is 4.52 Å². The van der Waals surface area contributed by atoms with Crippen LogP contribution in [-0.4, -0.2) is 20.0 Å². The van der Waals surface area contributed by atoms with Gasteiger partial charge in [0.2, 0.25) is 0 Å². The average molecular weight is 358 g/mol. The first-order chi connectivity index (χ1) is 11.8. The molecule has 0 spiro atoms. The van der Waals surface area contributed by atoms with E-state index >= 15 is 0 Å². The molecule has 0 aliphatic carbocycles. The third-order valence-corrected chi connectivity index (χ3v) is 4.01. The molecule has 3 rings (SSSR count). The van der Waals surface area contributed by atoms with Crippen LogP contribution in [0.15, 0.2) is 66.7 Å². The number of hydrogen-bond acceptors (Lipinski definition) is 4. The van der Waals surface area contributed by atoms with Gasteiger partial charge in [-0.3, -0.25) is 9.79 Å². The highest BCUT2D eigenvalue weighted by Gasteiger charge is 2.21. The molecule has 3 aromatic rings. The monoisotopic (exact) mass is 358 g/mol. The highest BCUT2D eigenvalue weighted by molar-refractivity contribution is 7.46. The first-order valence-corrected chi connectivity index (χ1v) is 8.83. The largest absolute Gasteiger partial charge is 0.524 e. The Morgan fingerprint density at radius 1 is 0.720 bits per heavy atom. The zero-order chi connectivity index (χ0) is 18.0. The molecule has 0 unspecified atom stereocenters. The van der Waals surface area contributed by atoms with Gasteiger partial charge >= 0.3 is 7.82 Å². The maximum absolute atomic E-state index is 11.3. The smallest absolute Gasteiger partial charge is 0.508 e. The third-order valence-electron chi connectivity index (χ3n) is 3.58. The fourth-order valence-electron chi connectivity index (χ4n) is 2.54. The van der Waals surface area contributed by atoms with Crippen LogP contribution < -0.4 is 4.52 Å². The molecule has 0 radical (unpaired) electrons. The molecule has 0 saturated heterocycles. The Kier molecular flexibility index (Phi) is 4.51. The van der Waals surface area contributed by atoms with E-state index in [1.54, 1.807) is 36.4 Å². The standard InChI is InChI=1S/C18H15O6P/c19-14-8-4-12(5-9-14)16-2-1-3-17(24-25(21,22)23)18(16)13-6-10-15(20)11-7-13/h1-11,19-20H,(H2,21,22,23). The normalized spacial score (nSPS) is 11.3. The van der Waals surface area contributed by atoms with Crippen molar-refractivity contribution in [1.29, 1.82) is 0 Å². The minimum absolute atomic E-state index is 0.0181. The Bertz CT molecular complexity index is 929. The molecule has 0 amide bonds. The molecule has 0 aliphatic rings. The molecular weight excluding hydrogens is 343 g/mol. The fourth-order valence-corrected chi connectivity index (χ4v) is 2.95. The zero-order valence-corrected chi connectivity index (χ0v) is 13.8. The van der Waals surface area contributed by atoms with Gasteiger partial charge in [0.15, 0.2) is 0 Å². The van der Waals surface area contributed by atoms with E-state index in [-0.39, 0.29) is 17.2 Å². The summed E-state index contributed by atoms with van der Waals surface area (Å²) in [6, 6.07) is 17.5. The van der Waals surface area contributed by atoms with Gasteiger partial charge in [-0.05, 0) is 47.0 Å². The van der Waals surface area contributed by atoms with Crippen molar-refractivity contribution in [3.05, 3.63) is 66.7 Å². The van der Waals surface area contributed by atoms with Crippen LogP contribution in [0.3, 0.4) is 0 Å². The Morgan fingerprint density at radius 3 is 1.76 bits per heavy atom. The van der Waals surface area contributed by atoms with Crippen molar-refractivity contribution in [2.24, 2.45) is 0 Å². The number of hydrogen-bond donors (Lipinski definition) is 4. The summed E-state index contributed by atoms with van der Waals surface area (Å²) in [5.74, 6) is 0.200. The Hall–Kier alpha value is -2.79. The predicted octanol–water partition coefficient (Wildman–Crippen LogP) is 3.90. The number of benzene rings is 3. The number of phenolic OH excluding ortho intramolecular Hbond substituents is 2. The number of aromatic hydroxyl groups is 2. The SMILES string of the molecule is O=P(O)(O)Oc1cccc(-c2ccc(O)cc2)c1-c1ccc(O)cc1. The van der Waals surface area contributed by atoms with Gasteiger partial charge in [0.25, 0.3) is 0 Å². The number of phosphoric acid groups is 1. The third kappa shape index (κ3) is 4.00. The van der Waals surface area contributed by atoms with Gasteiger partial charge < -0.3 is 14.7 Å². The van der Waals surface area contributed by atoms with Crippen LogP contribution >= 0.6 is 7.82 Å². The molecule has 6 nitrogen and oxygen atoms in total. The van der Waals surface area contributed by atoms with E-state index in [2.05, 4.69) is 0 Å². The molecule has 0 aromatic heterocycles. The second-order valence-electron chi connectivity index (χ2n) is 5.35. The molecule has 0 fully saturated rings. The van der Waals surface area contributed by atoms with Crippen LogP contribution in [0.25, 0.3) is 22.3 Å². The van der Waals surface area contributed by atoms with Crippen molar-refractivity contribution in [1.82, 2.24) is 0 Å². The maximum Gasteiger partial charge on any atom is 0.524 e. The summed E-state index contributed by atoms with van der Waals surface area (Å²) in [7, 11) is -4.75. The van der Waals surface area contributed by atoms with Gasteiger partial charge in [-0.15, -0.1) is 0 Å². The van der Waals surface area contributed by atoms with Crippen molar-refractivity contribution < 1.29 is 29.1 Å². The molecular formula is C18H15O6P. The molecule has 0 atom stereocenters. The molecule has 7 heteroatoms. The highest BCUT2D eigenvalue weighted by atomic mass is 31.2. The van der Waals surface area contributed by atoms with Crippen LogP contribution in [-0.2, 0) is 4.57 Å². The van der Waals surface area contributed by atoms with Crippen LogP contribution in [0.2, 0.25) is 0 Å². The minimum atomic E-state index is -4.75. The van der Waals surface area contributed by atoms with Crippen LogP contribution in [0.1, 0.15) is 0 Å². The summed E-state index contributed by atoms with van der Waals surface area (Å²) in [6.45, 7) is 0. The molecule has 0 saturated carbocycles. The lowest BCUT2D eigenvalue weighted by atomic mass is 9.93. The average Bonchev–Trinajstić information content (AvgIpc) is 2.55. The van der Waals surface area contributed by atoms with E-state index in [9.17, 15) is 24.6 Å². The molecule has 0 bridgehead atoms. The molecule has 0 heterocycles. The predicted molar refractivity (Wildman–Crippen MR) is 93.3 cm³/mol. The van der Waals surface area contributed by atoms with Gasteiger partial charge in [-0.25, -0.2) is 4.57 Å². The van der Waals surface area contributed by atoms with Gasteiger partial charge in [-0.2, -0.15) is 0 Å². The van der Waals surface area contributed by atoms with Gasteiger partial charge in [0.1, 0.15) is 17.2 Å². The van der Waals surface area contributed by atoms with Crippen LogP contribution in [0.5, 0.6) is 17.2 Å². The quantitative estimate of drug-likeness (QED) is 0.527. The van der Waals surface area contributed by atoms with Crippen molar-refractivity contribution in [2.45, 2.75) is 0 Å². The van der Waals surface area contributed by atoms with Gasteiger partial charge in [-0.1, -0.05) is 36.4 Å². The molecule has 4 N–H and O–H groups in total. The van der Waals surface area contributed by atoms with Crippen LogP contribution in [0.4, 0.5) is 0 Å². The Morgan fingerprint density at radius 2 is 1.24 bits per heavy atom. The minimum Gasteiger partial charge on any atom is -0.508 e. The van der Waals surface area contributed by atoms with Crippen molar-refractivity contribution >= 4 is 7.82 Å². The zero-order valence-electron chi connectivity index (χ0n) is 12.9. The lowest BCUT2D eigenvalue weighted by Crippen LogP contribution is -1.95. The van der Waals surface area contributed by atoms with Crippen LogP contribution in [0, 0.1) is 0 Å². The van der Waals surface area contributed by atoms with Gasteiger partial charge in [0.05, 0.1) is 0 Å². The van der Waals surface area contributed by atoms with Gasteiger partial charge in [0, 0.05) is 5.56 Å². The second-order valence-corrected chi connectivity index (χ2v) is 6.52. The molecule has 128 valence electrons. The van der Waals surface area contributed by atoms with Crippen molar-refractivity contribution in [3.63, 3.8) is 0 Å². The van der Waals surface area contributed by atoms with E-state index < -0.39 is 7.82 Å². The van der Waals surface area contributed by atoms with Crippen molar-refractivity contribution in [3.8, 4) is 39.5 Å². The number of phosphoric ester groups is 1. The topological polar surface area (TPSA) is 107 Å². The molecule has 3 aromatic carbocycles. The van der Waals surface area contributed by atoms with E-state index in [0.29, 0.717) is 16.7 Å². The molecule has 25 heavy (non-hydrogen) atoms. The van der Waals surface area contributed by atoms with E-state index in [0.717, 1.165) is 5.56 Å². The van der Waals surface area contributed by atoms with E-state index in [1.807, 2.05) is 0 Å². The summed E-state index contributed by atoms with van der Waals surface area (Å²) >= 11 is 0. The summed E-state index contributed by atoms with van der Waals surface area (Å²) in [4.78, 5) is 18.4. The summed E-state index contributed by atoms with van der Waals surface area (Å²) in [5.41, 5.74) is 2.48. The van der Waals surface area contributed by atoms with Crippen molar-refractivity contribution in [2.75, 3.05) is 0 Å². The lowest BCUT2D eigenvalue weighted by molar-refractivity contribution is 0.283. The summed E-state index contributed by atoms with van der Waals surface area (Å²) in [6.07, 6.45) is 0. The number of rotatable bonds is 4. The van der Waals surface area contributed by atoms with E-state index in [1.165, 1.54) is 30.3 Å². The fraction of sp³-hybridized carbons (Fsp3) is 0. The summed E-state index contributed by atoms with van der Waals surface area (Å²) < 4.78 is 16.2. The lowest BCUT2D eigenvalue weighted by Gasteiger charge is -2.16. The highest BCUT2D eigenvalue weighted by Crippen LogP contribution is 2.46. The Balaban J connectivity index is 2.24. The second kappa shape index (κ2) is 6.61. The Labute approximate surface area is 143 Å². The first kappa shape index (κ1) is 17.0. The molecule has 0 aliphatic heterocycles.